The maximum atomic E-state index is 12.9. The Morgan fingerprint density at radius 2 is 1.84 bits per heavy atom. The second-order valence-electron chi connectivity index (χ2n) is 8.80. The van der Waals surface area contributed by atoms with E-state index in [1.165, 1.54) is 4.90 Å². The third-order valence-electron chi connectivity index (χ3n) is 5.39. The van der Waals surface area contributed by atoms with Crippen molar-refractivity contribution in [1.82, 2.24) is 15.7 Å². The van der Waals surface area contributed by atoms with Crippen molar-refractivity contribution in [3.8, 4) is 6.07 Å². The lowest BCUT2D eigenvalue weighted by Crippen LogP contribution is -2.45. The van der Waals surface area contributed by atoms with Crippen molar-refractivity contribution in [3.05, 3.63) is 29.8 Å². The molecular formula is C22H31N5O4. The summed E-state index contributed by atoms with van der Waals surface area (Å²) < 4.78 is 0. The van der Waals surface area contributed by atoms with E-state index in [9.17, 15) is 14.4 Å². The van der Waals surface area contributed by atoms with Gasteiger partial charge in [-0.3, -0.25) is 14.8 Å². The minimum Gasteiger partial charge on any atom is -0.337 e. The molecule has 1 aliphatic rings. The molecule has 9 heteroatoms. The maximum absolute atomic E-state index is 12.9. The van der Waals surface area contributed by atoms with Gasteiger partial charge < -0.3 is 15.5 Å². The summed E-state index contributed by atoms with van der Waals surface area (Å²) in [5, 5.41) is 23.1. The lowest BCUT2D eigenvalue weighted by atomic mass is 9.88. The third kappa shape index (κ3) is 8.26. The van der Waals surface area contributed by atoms with E-state index in [1.54, 1.807) is 29.7 Å². The van der Waals surface area contributed by atoms with Crippen LogP contribution in [-0.4, -0.2) is 47.6 Å². The normalized spacial score (nSPS) is 13.9. The zero-order chi connectivity index (χ0) is 22.9. The van der Waals surface area contributed by atoms with Crippen molar-refractivity contribution in [2.75, 3.05) is 25.0 Å². The number of hydrogen-bond acceptors (Lipinski definition) is 5. The fourth-order valence-electron chi connectivity index (χ4n) is 3.67. The molecule has 1 aromatic rings. The van der Waals surface area contributed by atoms with Gasteiger partial charge >= 0.3 is 6.03 Å². The topological polar surface area (TPSA) is 135 Å². The van der Waals surface area contributed by atoms with Gasteiger partial charge in [0, 0.05) is 25.2 Å². The summed E-state index contributed by atoms with van der Waals surface area (Å²) in [6.45, 7) is 4.30. The van der Waals surface area contributed by atoms with E-state index in [0.717, 1.165) is 25.7 Å². The van der Waals surface area contributed by atoms with E-state index < -0.39 is 17.4 Å². The van der Waals surface area contributed by atoms with Gasteiger partial charge in [0.05, 0.1) is 11.6 Å². The van der Waals surface area contributed by atoms with Crippen LogP contribution >= 0.6 is 0 Å². The molecule has 0 heterocycles. The van der Waals surface area contributed by atoms with Crippen LogP contribution in [0.3, 0.4) is 0 Å². The first-order valence-electron chi connectivity index (χ1n) is 10.5. The quantitative estimate of drug-likeness (QED) is 0.354. The van der Waals surface area contributed by atoms with E-state index in [1.807, 2.05) is 19.9 Å². The molecule has 0 radical (unpaired) electrons. The zero-order valence-corrected chi connectivity index (χ0v) is 18.1. The summed E-state index contributed by atoms with van der Waals surface area (Å²) in [7, 11) is 0. The van der Waals surface area contributed by atoms with Gasteiger partial charge in [-0.2, -0.15) is 5.26 Å². The smallest absolute Gasteiger partial charge is 0.319 e. The number of anilines is 1. The van der Waals surface area contributed by atoms with Crippen molar-refractivity contribution in [3.63, 3.8) is 0 Å². The number of benzene rings is 1. The fraction of sp³-hybridized carbons (Fsp3) is 0.545. The average molecular weight is 430 g/mol. The summed E-state index contributed by atoms with van der Waals surface area (Å²) in [6.07, 6.45) is 4.47. The van der Waals surface area contributed by atoms with Gasteiger partial charge in [0.1, 0.15) is 6.54 Å². The van der Waals surface area contributed by atoms with Crippen LogP contribution in [0, 0.1) is 22.7 Å². The van der Waals surface area contributed by atoms with Crippen LogP contribution in [-0.2, 0) is 9.59 Å². The Morgan fingerprint density at radius 3 is 2.42 bits per heavy atom. The van der Waals surface area contributed by atoms with Gasteiger partial charge in [-0.15, -0.1) is 0 Å². The Hall–Kier alpha value is -3.12. The summed E-state index contributed by atoms with van der Waals surface area (Å²) in [5.41, 5.74) is 2.11. The molecule has 0 spiro atoms. The molecule has 0 unspecified atom stereocenters. The van der Waals surface area contributed by atoms with E-state index in [4.69, 9.17) is 10.5 Å². The predicted molar refractivity (Wildman–Crippen MR) is 115 cm³/mol. The van der Waals surface area contributed by atoms with Crippen LogP contribution < -0.4 is 16.1 Å². The molecule has 0 saturated heterocycles. The Balaban J connectivity index is 1.88. The summed E-state index contributed by atoms with van der Waals surface area (Å²) in [4.78, 5) is 38.2. The van der Waals surface area contributed by atoms with Crippen molar-refractivity contribution < 1.29 is 19.6 Å². The Labute approximate surface area is 182 Å². The first kappa shape index (κ1) is 24.2. The number of nitrogens with one attached hydrogen (secondary N) is 3. The summed E-state index contributed by atoms with van der Waals surface area (Å²) >= 11 is 0. The number of hydrogen-bond donors (Lipinski definition) is 4. The number of carbonyl (C=O) groups excluding carboxylic acids is 3. The van der Waals surface area contributed by atoms with Crippen molar-refractivity contribution in [2.24, 2.45) is 11.3 Å². The van der Waals surface area contributed by atoms with Gasteiger partial charge in [-0.05, 0) is 48.4 Å². The molecule has 0 atom stereocenters. The standard InChI is InChI=1S/C22H31N5O4/c1-22(2,15-24-21(30)25-18-9-7-16(12-23)8-10-18)11-20(29)27(14-19(28)26-31)13-17-5-3-4-6-17/h7-10,17,31H,3-6,11,13-15H2,1-2H3,(H,26,28)(H2,24,25,30). The molecule has 1 saturated carbocycles. The van der Waals surface area contributed by atoms with Crippen molar-refractivity contribution in [2.45, 2.75) is 46.0 Å². The lowest BCUT2D eigenvalue weighted by Gasteiger charge is -2.30. The molecule has 1 aromatic carbocycles. The summed E-state index contributed by atoms with van der Waals surface area (Å²) in [5.74, 6) is -0.436. The molecule has 4 amide bonds. The molecular weight excluding hydrogens is 398 g/mol. The number of hydroxylamine groups is 1. The molecule has 0 aromatic heterocycles. The zero-order valence-electron chi connectivity index (χ0n) is 18.1. The van der Waals surface area contributed by atoms with E-state index in [-0.39, 0.29) is 25.4 Å². The number of urea groups is 1. The maximum Gasteiger partial charge on any atom is 0.319 e. The largest absolute Gasteiger partial charge is 0.337 e. The van der Waals surface area contributed by atoms with Gasteiger partial charge in [-0.1, -0.05) is 26.7 Å². The van der Waals surface area contributed by atoms with Gasteiger partial charge in [0.2, 0.25) is 5.91 Å². The highest BCUT2D eigenvalue weighted by atomic mass is 16.5. The van der Waals surface area contributed by atoms with E-state index in [0.29, 0.717) is 23.7 Å². The molecule has 2 rings (SSSR count). The number of nitrogens with zero attached hydrogens (tertiary/aromatic N) is 2. The van der Waals surface area contributed by atoms with Gasteiger partial charge in [-0.25, -0.2) is 10.3 Å². The second kappa shape index (κ2) is 11.3. The molecule has 31 heavy (non-hydrogen) atoms. The Bertz CT molecular complexity index is 810. The first-order valence-corrected chi connectivity index (χ1v) is 10.5. The van der Waals surface area contributed by atoms with Crippen molar-refractivity contribution in [1.29, 1.82) is 5.26 Å². The SMILES string of the molecule is CC(C)(CNC(=O)Nc1ccc(C#N)cc1)CC(=O)N(CC(=O)NO)CC1CCCC1. The average Bonchev–Trinajstić information content (AvgIpc) is 3.25. The van der Waals surface area contributed by atoms with Crippen LogP contribution in [0.25, 0.3) is 0 Å². The first-order chi connectivity index (χ1) is 14.7. The number of nitriles is 1. The van der Waals surface area contributed by atoms with Gasteiger partial charge in [0.25, 0.3) is 5.91 Å². The molecule has 0 bridgehead atoms. The molecule has 1 aliphatic carbocycles. The minimum absolute atomic E-state index is 0.148. The Kier molecular flexibility index (Phi) is 8.82. The van der Waals surface area contributed by atoms with Crippen molar-refractivity contribution >= 4 is 23.5 Å². The second-order valence-corrected chi connectivity index (χ2v) is 8.80. The van der Waals surface area contributed by atoms with Crippen LogP contribution in [0.1, 0.15) is 51.5 Å². The number of amides is 4. The van der Waals surface area contributed by atoms with Crippen LogP contribution in [0.4, 0.5) is 10.5 Å². The predicted octanol–water partition coefficient (Wildman–Crippen LogP) is 2.62. The number of rotatable bonds is 9. The van der Waals surface area contributed by atoms with E-state index in [2.05, 4.69) is 10.6 Å². The molecule has 4 N–H and O–H groups in total. The van der Waals surface area contributed by atoms with E-state index >= 15 is 0 Å². The molecule has 1 fully saturated rings. The highest BCUT2D eigenvalue weighted by molar-refractivity contribution is 5.89. The van der Waals surface area contributed by atoms with Crippen LogP contribution in [0.5, 0.6) is 0 Å². The highest BCUT2D eigenvalue weighted by Crippen LogP contribution is 2.27. The fourth-order valence-corrected chi connectivity index (χ4v) is 3.67. The van der Waals surface area contributed by atoms with Crippen LogP contribution in [0.2, 0.25) is 0 Å². The summed E-state index contributed by atoms with van der Waals surface area (Å²) in [6, 6.07) is 8.10. The van der Waals surface area contributed by atoms with Crippen LogP contribution in [0.15, 0.2) is 24.3 Å². The molecule has 9 nitrogen and oxygen atoms in total. The lowest BCUT2D eigenvalue weighted by molar-refractivity contribution is -0.141. The third-order valence-corrected chi connectivity index (χ3v) is 5.39. The number of carbonyl (C=O) groups is 3. The minimum atomic E-state index is -0.621. The monoisotopic (exact) mass is 429 g/mol. The Morgan fingerprint density at radius 1 is 1.19 bits per heavy atom. The highest BCUT2D eigenvalue weighted by Gasteiger charge is 2.29. The molecule has 0 aliphatic heterocycles. The molecule has 168 valence electrons. The van der Waals surface area contributed by atoms with Gasteiger partial charge in [0.15, 0.2) is 0 Å².